The van der Waals surface area contributed by atoms with Crippen molar-refractivity contribution in [2.45, 2.75) is 6.61 Å². The van der Waals surface area contributed by atoms with Gasteiger partial charge in [0.2, 0.25) is 0 Å². The monoisotopic (exact) mass is 315 g/mol. The Morgan fingerprint density at radius 1 is 0.682 bits per heavy atom. The van der Waals surface area contributed by atoms with Gasteiger partial charge in [-0.15, -0.1) is 0 Å². The van der Waals surface area contributed by atoms with Crippen LogP contribution in [0.25, 0.3) is 11.1 Å². The second-order valence-corrected chi connectivity index (χ2v) is 4.85. The van der Waals surface area contributed by atoms with Crippen molar-refractivity contribution in [2.75, 3.05) is 0 Å². The van der Waals surface area contributed by atoms with Crippen LogP contribution in [0, 0.1) is 0 Å². The molecule has 3 rings (SSSR count). The SMILES string of the molecule is Oc1ccc(-c2ccc(OCc3ccccc3)cc2)cc1.[K+]. The van der Waals surface area contributed by atoms with Crippen LogP contribution in [0.2, 0.25) is 0 Å². The molecule has 3 aromatic carbocycles. The fourth-order valence-electron chi connectivity index (χ4n) is 2.14. The minimum absolute atomic E-state index is 0. The summed E-state index contributed by atoms with van der Waals surface area (Å²) in [7, 11) is 0. The van der Waals surface area contributed by atoms with E-state index in [4.69, 9.17) is 4.74 Å². The molecule has 0 saturated heterocycles. The largest absolute Gasteiger partial charge is 1.00 e. The van der Waals surface area contributed by atoms with Gasteiger partial charge in [-0.3, -0.25) is 0 Å². The molecule has 0 bridgehead atoms. The molecule has 0 saturated carbocycles. The molecule has 3 heteroatoms. The molecule has 0 amide bonds. The van der Waals surface area contributed by atoms with Gasteiger partial charge < -0.3 is 9.84 Å². The average molecular weight is 315 g/mol. The molecule has 0 atom stereocenters. The standard InChI is InChI=1S/C19H16O2.K/c20-18-10-6-16(7-11-18)17-8-12-19(13-9-17)21-14-15-4-2-1-3-5-15;/h1-13,20H,14H2;/q;+1. The Morgan fingerprint density at radius 3 is 1.82 bits per heavy atom. The molecule has 0 unspecified atom stereocenters. The Labute approximate surface area is 173 Å². The molecule has 0 fully saturated rings. The van der Waals surface area contributed by atoms with Gasteiger partial charge in [0.25, 0.3) is 0 Å². The first kappa shape index (κ1) is 17.3. The van der Waals surface area contributed by atoms with Gasteiger partial charge in [-0.05, 0) is 41.0 Å². The van der Waals surface area contributed by atoms with Crippen molar-refractivity contribution in [3.8, 4) is 22.6 Å². The van der Waals surface area contributed by atoms with Gasteiger partial charge in [0.15, 0.2) is 0 Å². The van der Waals surface area contributed by atoms with Crippen molar-refractivity contribution in [3.63, 3.8) is 0 Å². The van der Waals surface area contributed by atoms with Crippen LogP contribution in [-0.2, 0) is 6.61 Å². The van der Waals surface area contributed by atoms with Gasteiger partial charge in [0.1, 0.15) is 18.1 Å². The number of hydrogen-bond acceptors (Lipinski definition) is 2. The van der Waals surface area contributed by atoms with Gasteiger partial charge in [-0.1, -0.05) is 54.6 Å². The van der Waals surface area contributed by atoms with E-state index in [1.165, 1.54) is 0 Å². The maximum atomic E-state index is 9.31. The van der Waals surface area contributed by atoms with Crippen LogP contribution in [0.15, 0.2) is 78.9 Å². The summed E-state index contributed by atoms with van der Waals surface area (Å²) in [4.78, 5) is 0. The molecule has 3 aromatic rings. The molecule has 0 radical (unpaired) electrons. The summed E-state index contributed by atoms with van der Waals surface area (Å²) in [6, 6.07) is 25.2. The van der Waals surface area contributed by atoms with Crippen molar-refractivity contribution in [1.82, 2.24) is 0 Å². The van der Waals surface area contributed by atoms with Crippen molar-refractivity contribution in [3.05, 3.63) is 84.4 Å². The summed E-state index contributed by atoms with van der Waals surface area (Å²) in [6.45, 7) is 0.569. The van der Waals surface area contributed by atoms with Crippen molar-refractivity contribution in [2.24, 2.45) is 0 Å². The van der Waals surface area contributed by atoms with E-state index in [1.54, 1.807) is 12.1 Å². The van der Waals surface area contributed by atoms with Crippen molar-refractivity contribution < 1.29 is 61.2 Å². The summed E-state index contributed by atoms with van der Waals surface area (Å²) in [6.07, 6.45) is 0. The van der Waals surface area contributed by atoms with Crippen LogP contribution in [0.5, 0.6) is 11.5 Å². The van der Waals surface area contributed by atoms with Crippen molar-refractivity contribution >= 4 is 0 Å². The van der Waals surface area contributed by atoms with E-state index >= 15 is 0 Å². The van der Waals surface area contributed by atoms with Gasteiger partial charge in [0.05, 0.1) is 0 Å². The summed E-state index contributed by atoms with van der Waals surface area (Å²) in [5.74, 6) is 1.13. The number of rotatable bonds is 4. The summed E-state index contributed by atoms with van der Waals surface area (Å²) in [5.41, 5.74) is 3.32. The Hall–Kier alpha value is -1.10. The first-order chi connectivity index (χ1) is 10.3. The third-order valence-electron chi connectivity index (χ3n) is 3.30. The second kappa shape index (κ2) is 8.51. The Balaban J connectivity index is 0.00000176. The molecule has 0 aliphatic carbocycles. The predicted molar refractivity (Wildman–Crippen MR) is 84.3 cm³/mol. The molecule has 22 heavy (non-hydrogen) atoms. The fraction of sp³-hybridized carbons (Fsp3) is 0.0526. The number of aromatic hydroxyl groups is 1. The van der Waals surface area contributed by atoms with E-state index in [1.807, 2.05) is 66.7 Å². The molecule has 104 valence electrons. The Morgan fingerprint density at radius 2 is 1.23 bits per heavy atom. The van der Waals surface area contributed by atoms with E-state index in [0.29, 0.717) is 6.61 Å². The van der Waals surface area contributed by atoms with Gasteiger partial charge in [0, 0.05) is 0 Å². The zero-order valence-electron chi connectivity index (χ0n) is 12.6. The van der Waals surface area contributed by atoms with Gasteiger partial charge in [-0.2, -0.15) is 0 Å². The molecular formula is C19H16KO2+. The third-order valence-corrected chi connectivity index (χ3v) is 3.30. The zero-order valence-corrected chi connectivity index (χ0v) is 15.7. The Bertz CT molecular complexity index is 692. The van der Waals surface area contributed by atoms with E-state index in [9.17, 15) is 5.11 Å². The molecule has 0 spiro atoms. The van der Waals surface area contributed by atoms with Crippen LogP contribution in [0.3, 0.4) is 0 Å². The molecule has 0 aromatic heterocycles. The van der Waals surface area contributed by atoms with E-state index in [-0.39, 0.29) is 57.1 Å². The summed E-state index contributed by atoms with van der Waals surface area (Å²) in [5, 5.41) is 9.31. The van der Waals surface area contributed by atoms with E-state index < -0.39 is 0 Å². The molecule has 1 N–H and O–H groups in total. The maximum Gasteiger partial charge on any atom is 1.00 e. The number of ether oxygens (including phenoxy) is 1. The molecular weight excluding hydrogens is 299 g/mol. The topological polar surface area (TPSA) is 29.5 Å². The first-order valence-electron chi connectivity index (χ1n) is 6.87. The van der Waals surface area contributed by atoms with Gasteiger partial charge >= 0.3 is 51.4 Å². The quantitative estimate of drug-likeness (QED) is 0.742. The summed E-state index contributed by atoms with van der Waals surface area (Å²) < 4.78 is 5.76. The smallest absolute Gasteiger partial charge is 0.508 e. The van der Waals surface area contributed by atoms with E-state index in [0.717, 1.165) is 22.4 Å². The second-order valence-electron chi connectivity index (χ2n) is 4.85. The first-order valence-corrected chi connectivity index (χ1v) is 6.87. The van der Waals surface area contributed by atoms with Crippen LogP contribution in [-0.4, -0.2) is 5.11 Å². The maximum absolute atomic E-state index is 9.31. The number of hydrogen-bond donors (Lipinski definition) is 1. The van der Waals surface area contributed by atoms with Crippen LogP contribution >= 0.6 is 0 Å². The van der Waals surface area contributed by atoms with E-state index in [2.05, 4.69) is 0 Å². The Kier molecular flexibility index (Phi) is 6.67. The molecule has 0 aliphatic heterocycles. The van der Waals surface area contributed by atoms with Crippen LogP contribution < -0.4 is 56.1 Å². The molecule has 0 aliphatic rings. The average Bonchev–Trinajstić information content (AvgIpc) is 2.55. The minimum Gasteiger partial charge on any atom is -0.508 e. The summed E-state index contributed by atoms with van der Waals surface area (Å²) >= 11 is 0. The fourth-order valence-corrected chi connectivity index (χ4v) is 2.14. The zero-order chi connectivity index (χ0) is 14.5. The number of benzene rings is 3. The molecule has 0 heterocycles. The molecule has 2 nitrogen and oxygen atoms in total. The number of phenols is 1. The number of phenolic OH excluding ortho intramolecular Hbond substituents is 1. The third kappa shape index (κ3) is 4.70. The minimum atomic E-state index is 0. The van der Waals surface area contributed by atoms with Crippen molar-refractivity contribution in [1.29, 1.82) is 0 Å². The predicted octanol–water partition coefficient (Wildman–Crippen LogP) is 1.64. The van der Waals surface area contributed by atoms with Gasteiger partial charge in [-0.25, -0.2) is 0 Å². The van der Waals surface area contributed by atoms with Crippen LogP contribution in [0.4, 0.5) is 0 Å². The normalized spacial score (nSPS) is 9.82. The van der Waals surface area contributed by atoms with Crippen LogP contribution in [0.1, 0.15) is 5.56 Å².